The molecule has 1 aliphatic carbocycles. The Morgan fingerprint density at radius 1 is 1.48 bits per heavy atom. The van der Waals surface area contributed by atoms with E-state index in [1.165, 1.54) is 0 Å². The summed E-state index contributed by atoms with van der Waals surface area (Å²) in [6.45, 7) is 2.28. The van der Waals surface area contributed by atoms with Crippen molar-refractivity contribution in [3.05, 3.63) is 29.3 Å². The van der Waals surface area contributed by atoms with Crippen molar-refractivity contribution in [2.75, 3.05) is 20.3 Å². The zero-order valence-corrected chi connectivity index (χ0v) is 12.3. The Kier molecular flexibility index (Phi) is 5.16. The van der Waals surface area contributed by atoms with Crippen molar-refractivity contribution in [2.24, 2.45) is 5.16 Å². The van der Waals surface area contributed by atoms with Crippen LogP contribution in [0.3, 0.4) is 0 Å². The highest BCUT2D eigenvalue weighted by Crippen LogP contribution is 2.30. The molecule has 21 heavy (non-hydrogen) atoms. The van der Waals surface area contributed by atoms with Crippen LogP contribution in [0.2, 0.25) is 0 Å². The molecule has 1 atom stereocenters. The first-order chi connectivity index (χ1) is 10.2. The number of methoxy groups -OCH3 is 1. The highest BCUT2D eigenvalue weighted by atomic mass is 16.5. The van der Waals surface area contributed by atoms with Crippen LogP contribution < -0.4 is 10.1 Å². The molecule has 0 aromatic heterocycles. The third kappa shape index (κ3) is 3.72. The predicted molar refractivity (Wildman–Crippen MR) is 78.1 cm³/mol. The summed E-state index contributed by atoms with van der Waals surface area (Å²) < 4.78 is 10.6. The van der Waals surface area contributed by atoms with Gasteiger partial charge in [0.05, 0.1) is 12.3 Å². The number of oxime groups is 1. The first kappa shape index (κ1) is 15.3. The van der Waals surface area contributed by atoms with E-state index < -0.39 is 0 Å². The van der Waals surface area contributed by atoms with Crippen molar-refractivity contribution < 1.29 is 19.5 Å². The molecule has 1 amide bonds. The molecule has 0 saturated carbocycles. The van der Waals surface area contributed by atoms with E-state index in [1.807, 2.05) is 25.1 Å². The maximum atomic E-state index is 11.8. The standard InChI is InChI=1S/C15H20N2O4/c1-10(8-20-2)16-15(18)9-21-14-5-3-4-11-12(14)6-7-13(11)17-19/h3-5,10,19H,6-9H2,1-2H3,(H,16,18). The minimum absolute atomic E-state index is 0.0455. The molecule has 6 heteroatoms. The summed E-state index contributed by atoms with van der Waals surface area (Å²) in [7, 11) is 1.59. The van der Waals surface area contributed by atoms with Gasteiger partial charge in [0.1, 0.15) is 5.75 Å². The highest BCUT2D eigenvalue weighted by Gasteiger charge is 2.22. The second kappa shape index (κ2) is 7.08. The van der Waals surface area contributed by atoms with Gasteiger partial charge in [-0.25, -0.2) is 0 Å². The smallest absolute Gasteiger partial charge is 0.258 e. The van der Waals surface area contributed by atoms with Crippen molar-refractivity contribution in [2.45, 2.75) is 25.8 Å². The summed E-state index contributed by atoms with van der Waals surface area (Å²) in [5.74, 6) is 0.479. The summed E-state index contributed by atoms with van der Waals surface area (Å²) in [6.07, 6.45) is 1.44. The van der Waals surface area contributed by atoms with Gasteiger partial charge in [0.15, 0.2) is 6.61 Å². The summed E-state index contributed by atoms with van der Waals surface area (Å²) in [5, 5.41) is 15.0. The molecular formula is C15H20N2O4. The number of hydrogen-bond donors (Lipinski definition) is 2. The van der Waals surface area contributed by atoms with Gasteiger partial charge in [-0.1, -0.05) is 17.3 Å². The summed E-state index contributed by atoms with van der Waals surface area (Å²) in [4.78, 5) is 11.8. The van der Waals surface area contributed by atoms with E-state index in [1.54, 1.807) is 7.11 Å². The molecule has 1 aliphatic rings. The van der Waals surface area contributed by atoms with Crippen molar-refractivity contribution in [3.8, 4) is 5.75 Å². The monoisotopic (exact) mass is 292 g/mol. The van der Waals surface area contributed by atoms with E-state index in [0.717, 1.165) is 17.5 Å². The Morgan fingerprint density at radius 3 is 3.00 bits per heavy atom. The van der Waals surface area contributed by atoms with Crippen molar-refractivity contribution in [3.63, 3.8) is 0 Å². The zero-order valence-electron chi connectivity index (χ0n) is 12.3. The fourth-order valence-corrected chi connectivity index (χ4v) is 2.46. The quantitative estimate of drug-likeness (QED) is 0.612. The van der Waals surface area contributed by atoms with Crippen LogP contribution in [-0.4, -0.2) is 43.2 Å². The highest BCUT2D eigenvalue weighted by molar-refractivity contribution is 6.04. The molecule has 0 saturated heterocycles. The Bertz CT molecular complexity index is 542. The number of fused-ring (bicyclic) bond motifs is 1. The van der Waals surface area contributed by atoms with Crippen LogP contribution in [-0.2, 0) is 16.0 Å². The maximum absolute atomic E-state index is 11.8. The maximum Gasteiger partial charge on any atom is 0.258 e. The summed E-state index contributed by atoms with van der Waals surface area (Å²) >= 11 is 0. The number of nitrogens with one attached hydrogen (secondary N) is 1. The molecule has 0 heterocycles. The summed E-state index contributed by atoms with van der Waals surface area (Å²) in [6, 6.07) is 5.49. The van der Waals surface area contributed by atoms with Crippen LogP contribution in [0.15, 0.2) is 23.4 Å². The van der Waals surface area contributed by atoms with Gasteiger partial charge in [-0.3, -0.25) is 4.79 Å². The lowest BCUT2D eigenvalue weighted by molar-refractivity contribution is -0.124. The molecule has 0 spiro atoms. The van der Waals surface area contributed by atoms with Crippen molar-refractivity contribution >= 4 is 11.6 Å². The van der Waals surface area contributed by atoms with Crippen LogP contribution in [0.25, 0.3) is 0 Å². The molecule has 1 unspecified atom stereocenters. The molecule has 0 radical (unpaired) electrons. The number of nitrogens with zero attached hydrogens (tertiary/aromatic N) is 1. The fraction of sp³-hybridized carbons (Fsp3) is 0.467. The largest absolute Gasteiger partial charge is 0.483 e. The lowest BCUT2D eigenvalue weighted by Crippen LogP contribution is -2.38. The molecule has 2 rings (SSSR count). The molecule has 0 fully saturated rings. The topological polar surface area (TPSA) is 80.2 Å². The van der Waals surface area contributed by atoms with Crippen LogP contribution in [0, 0.1) is 0 Å². The van der Waals surface area contributed by atoms with Crippen LogP contribution in [0.5, 0.6) is 5.75 Å². The van der Waals surface area contributed by atoms with E-state index in [-0.39, 0.29) is 18.6 Å². The van der Waals surface area contributed by atoms with Gasteiger partial charge >= 0.3 is 0 Å². The SMILES string of the molecule is COCC(C)NC(=O)COc1cccc2c1CCC2=NO. The minimum Gasteiger partial charge on any atom is -0.483 e. The first-order valence-corrected chi connectivity index (χ1v) is 6.90. The van der Waals surface area contributed by atoms with Gasteiger partial charge in [0.25, 0.3) is 5.91 Å². The predicted octanol–water partition coefficient (Wildman–Crippen LogP) is 1.34. The van der Waals surface area contributed by atoms with Gasteiger partial charge in [0.2, 0.25) is 0 Å². The minimum atomic E-state index is -0.189. The first-order valence-electron chi connectivity index (χ1n) is 6.90. The van der Waals surface area contributed by atoms with Crippen LogP contribution in [0.1, 0.15) is 24.5 Å². The number of amides is 1. The Labute approximate surface area is 123 Å². The number of carbonyl (C=O) groups excluding carboxylic acids is 1. The van der Waals surface area contributed by atoms with Gasteiger partial charge in [-0.2, -0.15) is 0 Å². The number of ether oxygens (including phenoxy) is 2. The van der Waals surface area contributed by atoms with Gasteiger partial charge in [0, 0.05) is 24.3 Å². The molecule has 1 aromatic rings. The molecule has 0 aliphatic heterocycles. The summed E-state index contributed by atoms with van der Waals surface area (Å²) in [5.41, 5.74) is 2.54. The van der Waals surface area contributed by atoms with Gasteiger partial charge < -0.3 is 20.0 Å². The van der Waals surface area contributed by atoms with Crippen molar-refractivity contribution in [1.29, 1.82) is 0 Å². The Balaban J connectivity index is 1.96. The van der Waals surface area contributed by atoms with E-state index in [4.69, 9.17) is 14.7 Å². The molecular weight excluding hydrogens is 272 g/mol. The van der Waals surface area contributed by atoms with Crippen molar-refractivity contribution in [1.82, 2.24) is 5.32 Å². The zero-order chi connectivity index (χ0) is 15.2. The number of rotatable bonds is 6. The Morgan fingerprint density at radius 2 is 2.29 bits per heavy atom. The molecule has 0 bridgehead atoms. The average molecular weight is 292 g/mol. The third-order valence-corrected chi connectivity index (χ3v) is 3.36. The number of benzene rings is 1. The van der Waals surface area contributed by atoms with Gasteiger partial charge in [-0.15, -0.1) is 0 Å². The average Bonchev–Trinajstić information content (AvgIpc) is 2.88. The van der Waals surface area contributed by atoms with Crippen LogP contribution in [0.4, 0.5) is 0 Å². The lowest BCUT2D eigenvalue weighted by Gasteiger charge is -2.14. The lowest BCUT2D eigenvalue weighted by atomic mass is 10.1. The normalized spacial score (nSPS) is 16.6. The Hall–Kier alpha value is -2.08. The van der Waals surface area contributed by atoms with Crippen LogP contribution >= 0.6 is 0 Å². The molecule has 114 valence electrons. The fourth-order valence-electron chi connectivity index (χ4n) is 2.46. The van der Waals surface area contributed by atoms with Gasteiger partial charge in [-0.05, 0) is 25.8 Å². The third-order valence-electron chi connectivity index (χ3n) is 3.36. The van der Waals surface area contributed by atoms with E-state index >= 15 is 0 Å². The second-order valence-corrected chi connectivity index (χ2v) is 5.04. The number of hydrogen-bond acceptors (Lipinski definition) is 5. The van der Waals surface area contributed by atoms with E-state index in [0.29, 0.717) is 24.5 Å². The van der Waals surface area contributed by atoms with E-state index in [9.17, 15) is 4.79 Å². The molecule has 6 nitrogen and oxygen atoms in total. The van der Waals surface area contributed by atoms with E-state index in [2.05, 4.69) is 10.5 Å². The second-order valence-electron chi connectivity index (χ2n) is 5.04. The number of carbonyl (C=O) groups is 1. The molecule has 2 N–H and O–H groups in total. The molecule has 1 aromatic carbocycles.